The van der Waals surface area contributed by atoms with Crippen LogP contribution in [0, 0.1) is 11.3 Å². The average molecular weight is 196 g/mol. The van der Waals surface area contributed by atoms with E-state index in [1.807, 2.05) is 6.92 Å². The van der Waals surface area contributed by atoms with E-state index in [0.29, 0.717) is 12.0 Å². The first-order valence-electron chi connectivity index (χ1n) is 5.64. The normalized spacial score (nSPS) is 34.1. The van der Waals surface area contributed by atoms with E-state index in [1.54, 1.807) is 0 Å². The highest BCUT2D eigenvalue weighted by Gasteiger charge is 2.44. The van der Waals surface area contributed by atoms with Gasteiger partial charge in [0.2, 0.25) is 5.91 Å². The molecule has 0 saturated heterocycles. The minimum atomic E-state index is -0.0271. The Bertz CT molecular complexity index is 235. The van der Waals surface area contributed by atoms with Crippen LogP contribution in [0.25, 0.3) is 0 Å². The van der Waals surface area contributed by atoms with Crippen LogP contribution in [0.2, 0.25) is 0 Å². The summed E-state index contributed by atoms with van der Waals surface area (Å²) in [6, 6.07) is 0.369. The molecule has 2 fully saturated rings. The van der Waals surface area contributed by atoms with Gasteiger partial charge in [-0.05, 0) is 38.0 Å². The van der Waals surface area contributed by atoms with Crippen LogP contribution in [0.4, 0.5) is 0 Å². The summed E-state index contributed by atoms with van der Waals surface area (Å²) in [5.74, 6) is 0.870. The van der Waals surface area contributed by atoms with Crippen molar-refractivity contribution in [2.24, 2.45) is 17.1 Å². The van der Waals surface area contributed by atoms with Gasteiger partial charge in [0.05, 0.1) is 0 Å². The quantitative estimate of drug-likeness (QED) is 0.708. The van der Waals surface area contributed by atoms with Crippen molar-refractivity contribution in [3.8, 4) is 0 Å². The topological polar surface area (TPSA) is 55.1 Å². The van der Waals surface area contributed by atoms with E-state index in [-0.39, 0.29) is 11.3 Å². The lowest BCUT2D eigenvalue weighted by Crippen LogP contribution is -2.34. The molecule has 0 aliphatic heterocycles. The van der Waals surface area contributed by atoms with Crippen LogP contribution >= 0.6 is 0 Å². The van der Waals surface area contributed by atoms with E-state index < -0.39 is 0 Å². The highest BCUT2D eigenvalue weighted by atomic mass is 16.2. The van der Waals surface area contributed by atoms with Gasteiger partial charge in [-0.25, -0.2) is 0 Å². The minimum absolute atomic E-state index is 0.0271. The first-order valence-corrected chi connectivity index (χ1v) is 5.64. The van der Waals surface area contributed by atoms with Gasteiger partial charge >= 0.3 is 0 Å². The molecular formula is C11H20N2O. The van der Waals surface area contributed by atoms with Gasteiger partial charge in [0.1, 0.15) is 0 Å². The van der Waals surface area contributed by atoms with Crippen LogP contribution in [0.15, 0.2) is 0 Å². The van der Waals surface area contributed by atoms with Gasteiger partial charge in [-0.15, -0.1) is 0 Å². The summed E-state index contributed by atoms with van der Waals surface area (Å²) in [6.07, 6.45) is 5.50. The highest BCUT2D eigenvalue weighted by molar-refractivity contribution is 5.84. The molecule has 2 rings (SSSR count). The molecule has 0 bridgehead atoms. The molecule has 14 heavy (non-hydrogen) atoms. The summed E-state index contributed by atoms with van der Waals surface area (Å²) in [5.41, 5.74) is 5.79. The molecule has 80 valence electrons. The van der Waals surface area contributed by atoms with E-state index in [9.17, 15) is 4.79 Å². The number of nitrogens with two attached hydrogens (primary N) is 1. The van der Waals surface area contributed by atoms with Gasteiger partial charge in [0, 0.05) is 18.0 Å². The van der Waals surface area contributed by atoms with Gasteiger partial charge in [0.25, 0.3) is 0 Å². The second kappa shape index (κ2) is 3.54. The number of hydrogen-bond acceptors (Lipinski definition) is 2. The van der Waals surface area contributed by atoms with Crippen LogP contribution in [-0.2, 0) is 4.79 Å². The fourth-order valence-corrected chi connectivity index (χ4v) is 2.16. The molecule has 0 spiro atoms. The molecule has 2 unspecified atom stereocenters. The van der Waals surface area contributed by atoms with E-state index in [4.69, 9.17) is 5.73 Å². The van der Waals surface area contributed by atoms with Crippen molar-refractivity contribution >= 4 is 5.91 Å². The van der Waals surface area contributed by atoms with Crippen LogP contribution in [0.3, 0.4) is 0 Å². The van der Waals surface area contributed by atoms with E-state index in [1.165, 1.54) is 6.42 Å². The lowest BCUT2D eigenvalue weighted by atomic mass is 10.1. The van der Waals surface area contributed by atoms with Crippen molar-refractivity contribution < 1.29 is 4.79 Å². The predicted molar refractivity (Wildman–Crippen MR) is 55.7 cm³/mol. The lowest BCUT2D eigenvalue weighted by molar-refractivity contribution is -0.125. The molecule has 2 saturated carbocycles. The molecule has 3 heteroatoms. The van der Waals surface area contributed by atoms with Gasteiger partial charge in [-0.3, -0.25) is 4.79 Å². The molecule has 3 N–H and O–H groups in total. The SMILES string of the molecule is CC1(C(=O)NCC2CCC(N)C2)CC1. The molecular weight excluding hydrogens is 176 g/mol. The van der Waals surface area contributed by atoms with E-state index >= 15 is 0 Å². The number of carbonyl (C=O) groups is 1. The molecule has 0 aromatic heterocycles. The fourth-order valence-electron chi connectivity index (χ4n) is 2.16. The Morgan fingerprint density at radius 2 is 2.21 bits per heavy atom. The molecule has 2 aliphatic carbocycles. The maximum Gasteiger partial charge on any atom is 0.225 e. The Hall–Kier alpha value is -0.570. The van der Waals surface area contributed by atoms with Crippen molar-refractivity contribution in [1.82, 2.24) is 5.32 Å². The maximum atomic E-state index is 11.6. The van der Waals surface area contributed by atoms with Crippen LogP contribution in [0.5, 0.6) is 0 Å². The molecule has 2 atom stereocenters. The van der Waals surface area contributed by atoms with Crippen LogP contribution in [0.1, 0.15) is 39.0 Å². The smallest absolute Gasteiger partial charge is 0.225 e. The minimum Gasteiger partial charge on any atom is -0.355 e. The zero-order valence-corrected chi connectivity index (χ0v) is 8.88. The first kappa shape index (κ1) is 9.97. The second-order valence-electron chi connectivity index (χ2n) is 5.21. The molecule has 0 aromatic rings. The monoisotopic (exact) mass is 196 g/mol. The Morgan fingerprint density at radius 1 is 1.50 bits per heavy atom. The standard InChI is InChI=1S/C11H20N2O/c1-11(4-5-11)10(14)13-7-8-2-3-9(12)6-8/h8-9H,2-7,12H2,1H3,(H,13,14). The number of rotatable bonds is 3. The summed E-state index contributed by atoms with van der Waals surface area (Å²) in [7, 11) is 0. The van der Waals surface area contributed by atoms with Gasteiger partial charge in [-0.1, -0.05) is 6.92 Å². The number of amides is 1. The molecule has 1 amide bonds. The Morgan fingerprint density at radius 3 is 2.71 bits per heavy atom. The van der Waals surface area contributed by atoms with Crippen molar-refractivity contribution in [3.63, 3.8) is 0 Å². The summed E-state index contributed by atoms with van der Waals surface area (Å²) in [6.45, 7) is 2.88. The zero-order chi connectivity index (χ0) is 10.2. The van der Waals surface area contributed by atoms with Gasteiger partial charge in [-0.2, -0.15) is 0 Å². The molecule has 0 radical (unpaired) electrons. The Labute approximate surface area is 85.4 Å². The summed E-state index contributed by atoms with van der Waals surface area (Å²) < 4.78 is 0. The van der Waals surface area contributed by atoms with Crippen LogP contribution < -0.4 is 11.1 Å². The summed E-state index contributed by atoms with van der Waals surface area (Å²) in [5, 5.41) is 3.05. The first-order chi connectivity index (χ1) is 6.60. The summed E-state index contributed by atoms with van der Waals surface area (Å²) >= 11 is 0. The van der Waals surface area contributed by atoms with Crippen molar-refractivity contribution in [1.29, 1.82) is 0 Å². The van der Waals surface area contributed by atoms with Crippen molar-refractivity contribution in [2.45, 2.75) is 45.1 Å². The van der Waals surface area contributed by atoms with Crippen LogP contribution in [-0.4, -0.2) is 18.5 Å². The molecule has 0 heterocycles. The third-order valence-corrected chi connectivity index (χ3v) is 3.68. The number of hydrogen-bond donors (Lipinski definition) is 2. The summed E-state index contributed by atoms with van der Waals surface area (Å²) in [4.78, 5) is 11.6. The van der Waals surface area contributed by atoms with Crippen molar-refractivity contribution in [3.05, 3.63) is 0 Å². The highest BCUT2D eigenvalue weighted by Crippen LogP contribution is 2.45. The van der Waals surface area contributed by atoms with Gasteiger partial charge in [0.15, 0.2) is 0 Å². The zero-order valence-electron chi connectivity index (χ0n) is 8.88. The maximum absolute atomic E-state index is 11.6. The molecule has 0 aromatic carbocycles. The second-order valence-corrected chi connectivity index (χ2v) is 5.21. The third-order valence-electron chi connectivity index (χ3n) is 3.68. The Balaban J connectivity index is 1.70. The Kier molecular flexibility index (Phi) is 2.52. The molecule has 2 aliphatic rings. The molecule has 3 nitrogen and oxygen atoms in total. The number of nitrogens with one attached hydrogen (secondary N) is 1. The number of carbonyl (C=O) groups excluding carboxylic acids is 1. The van der Waals surface area contributed by atoms with Gasteiger partial charge < -0.3 is 11.1 Å². The largest absolute Gasteiger partial charge is 0.355 e. The van der Waals surface area contributed by atoms with Crippen molar-refractivity contribution in [2.75, 3.05) is 6.54 Å². The fraction of sp³-hybridized carbons (Fsp3) is 0.909. The third kappa shape index (κ3) is 2.08. The average Bonchev–Trinajstić information content (AvgIpc) is 2.76. The van der Waals surface area contributed by atoms with E-state index in [2.05, 4.69) is 5.32 Å². The van der Waals surface area contributed by atoms with E-state index in [0.717, 1.165) is 32.2 Å². The lowest BCUT2D eigenvalue weighted by Gasteiger charge is -2.13. The predicted octanol–water partition coefficient (Wildman–Crippen LogP) is 1.03.